The Balaban J connectivity index is 1.38. The zero-order chi connectivity index (χ0) is 19.6. The molecule has 4 rings (SSSR count). The zero-order valence-electron chi connectivity index (χ0n) is 15.9. The summed E-state index contributed by atoms with van der Waals surface area (Å²) in [7, 11) is -3.55. The molecule has 0 unspecified atom stereocenters. The Hall–Kier alpha value is -2.18. The van der Waals surface area contributed by atoms with Crippen LogP contribution >= 0.6 is 0 Å². The molecule has 2 fully saturated rings. The van der Waals surface area contributed by atoms with Crippen molar-refractivity contribution in [1.29, 1.82) is 0 Å². The van der Waals surface area contributed by atoms with Crippen molar-refractivity contribution in [3.63, 3.8) is 0 Å². The molecule has 0 atom stereocenters. The van der Waals surface area contributed by atoms with Gasteiger partial charge in [0.05, 0.1) is 4.90 Å². The highest BCUT2D eigenvalue weighted by molar-refractivity contribution is 7.89. The molecule has 2 aromatic carbocycles. The van der Waals surface area contributed by atoms with Gasteiger partial charge in [-0.2, -0.15) is 0 Å². The Morgan fingerprint density at radius 1 is 0.964 bits per heavy atom. The molecule has 1 aliphatic carbocycles. The van der Waals surface area contributed by atoms with Gasteiger partial charge in [-0.3, -0.25) is 4.79 Å². The predicted octanol–water partition coefficient (Wildman–Crippen LogP) is 3.22. The highest BCUT2D eigenvalue weighted by atomic mass is 32.2. The van der Waals surface area contributed by atoms with Gasteiger partial charge in [0.1, 0.15) is 0 Å². The van der Waals surface area contributed by atoms with Gasteiger partial charge < -0.3 is 4.90 Å². The first-order chi connectivity index (χ1) is 13.5. The van der Waals surface area contributed by atoms with E-state index in [4.69, 9.17) is 0 Å². The number of rotatable bonds is 6. The van der Waals surface area contributed by atoms with Crippen LogP contribution in [0.4, 0.5) is 0 Å². The molecule has 1 saturated carbocycles. The third-order valence-corrected chi connectivity index (χ3v) is 7.08. The van der Waals surface area contributed by atoms with Gasteiger partial charge >= 0.3 is 0 Å². The summed E-state index contributed by atoms with van der Waals surface area (Å²) in [6.45, 7) is 1.43. The summed E-state index contributed by atoms with van der Waals surface area (Å²) in [6, 6.07) is 16.9. The number of hydrogen-bond acceptors (Lipinski definition) is 3. The van der Waals surface area contributed by atoms with E-state index in [0.29, 0.717) is 24.6 Å². The summed E-state index contributed by atoms with van der Waals surface area (Å²) in [5, 5.41) is 0. The highest BCUT2D eigenvalue weighted by Gasteiger charge is 2.29. The van der Waals surface area contributed by atoms with E-state index in [-0.39, 0.29) is 16.8 Å². The molecule has 0 radical (unpaired) electrons. The first-order valence-corrected chi connectivity index (χ1v) is 11.5. The number of sulfonamides is 1. The van der Waals surface area contributed by atoms with E-state index >= 15 is 0 Å². The van der Waals surface area contributed by atoms with Crippen LogP contribution in [0.25, 0.3) is 0 Å². The van der Waals surface area contributed by atoms with Crippen LogP contribution in [0.2, 0.25) is 0 Å². The largest absolute Gasteiger partial charge is 0.339 e. The molecule has 1 aliphatic heterocycles. The smallest absolute Gasteiger partial charge is 0.253 e. The molecule has 0 bridgehead atoms. The van der Waals surface area contributed by atoms with Gasteiger partial charge in [0.25, 0.3) is 5.91 Å². The lowest BCUT2D eigenvalue weighted by Crippen LogP contribution is -2.39. The minimum Gasteiger partial charge on any atom is -0.339 e. The Morgan fingerprint density at radius 3 is 2.36 bits per heavy atom. The highest BCUT2D eigenvalue weighted by Crippen LogP contribution is 2.25. The zero-order valence-corrected chi connectivity index (χ0v) is 16.7. The number of carbonyl (C=O) groups is 1. The Kier molecular flexibility index (Phi) is 5.51. The molecule has 148 valence electrons. The standard InChI is InChI=1S/C22H26N2O3S/c25-22(19-7-4-8-21(16-19)28(26,27)23-20-9-10-20)24-13-11-18(12-14-24)15-17-5-2-1-3-6-17/h1-8,16,18,20,23H,9-15H2. The van der Waals surface area contributed by atoms with Crippen LogP contribution in [-0.2, 0) is 16.4 Å². The predicted molar refractivity (Wildman–Crippen MR) is 109 cm³/mol. The van der Waals surface area contributed by atoms with Gasteiger partial charge in [0.2, 0.25) is 10.0 Å². The summed E-state index contributed by atoms with van der Waals surface area (Å²) in [6.07, 6.45) is 4.76. The van der Waals surface area contributed by atoms with Crippen LogP contribution in [0.1, 0.15) is 41.6 Å². The molecular weight excluding hydrogens is 372 g/mol. The molecular formula is C22H26N2O3S. The fourth-order valence-corrected chi connectivity index (χ4v) is 5.11. The molecule has 6 heteroatoms. The molecule has 0 spiro atoms. The van der Waals surface area contributed by atoms with E-state index in [1.165, 1.54) is 11.6 Å². The molecule has 1 heterocycles. The maximum Gasteiger partial charge on any atom is 0.253 e. The van der Waals surface area contributed by atoms with Crippen LogP contribution in [0.5, 0.6) is 0 Å². The number of benzene rings is 2. The SMILES string of the molecule is O=C(c1cccc(S(=O)(=O)NC2CC2)c1)N1CCC(Cc2ccccc2)CC1. The lowest BCUT2D eigenvalue weighted by Gasteiger charge is -2.32. The topological polar surface area (TPSA) is 66.5 Å². The number of piperidine rings is 1. The second-order valence-corrected chi connectivity index (χ2v) is 9.56. The number of likely N-dealkylation sites (tertiary alicyclic amines) is 1. The second kappa shape index (κ2) is 8.05. The van der Waals surface area contributed by atoms with E-state index in [0.717, 1.165) is 32.1 Å². The fourth-order valence-electron chi connectivity index (χ4n) is 3.76. The first kappa shape index (κ1) is 19.2. The maximum atomic E-state index is 12.9. The number of hydrogen-bond donors (Lipinski definition) is 1. The van der Waals surface area contributed by atoms with Gasteiger partial charge in [-0.05, 0) is 61.8 Å². The Morgan fingerprint density at radius 2 is 1.68 bits per heavy atom. The van der Waals surface area contributed by atoms with Crippen molar-refractivity contribution in [2.24, 2.45) is 5.92 Å². The van der Waals surface area contributed by atoms with E-state index in [9.17, 15) is 13.2 Å². The van der Waals surface area contributed by atoms with Gasteiger partial charge in [0, 0.05) is 24.7 Å². The van der Waals surface area contributed by atoms with Crippen molar-refractivity contribution in [3.8, 4) is 0 Å². The number of carbonyl (C=O) groups excluding carboxylic acids is 1. The van der Waals surface area contributed by atoms with E-state index < -0.39 is 10.0 Å². The third-order valence-electron chi connectivity index (χ3n) is 5.56. The van der Waals surface area contributed by atoms with Crippen LogP contribution in [0, 0.1) is 5.92 Å². The van der Waals surface area contributed by atoms with Crippen molar-refractivity contribution >= 4 is 15.9 Å². The van der Waals surface area contributed by atoms with Crippen molar-refractivity contribution < 1.29 is 13.2 Å². The van der Waals surface area contributed by atoms with Crippen LogP contribution in [0.15, 0.2) is 59.5 Å². The molecule has 1 saturated heterocycles. The first-order valence-electron chi connectivity index (χ1n) is 9.97. The number of nitrogens with one attached hydrogen (secondary N) is 1. The molecule has 2 aliphatic rings. The normalized spacial score (nSPS) is 18.2. The van der Waals surface area contributed by atoms with Crippen LogP contribution < -0.4 is 4.72 Å². The van der Waals surface area contributed by atoms with E-state index in [1.54, 1.807) is 18.2 Å². The number of amides is 1. The van der Waals surface area contributed by atoms with Gasteiger partial charge in [-0.25, -0.2) is 13.1 Å². The average Bonchev–Trinajstić information content (AvgIpc) is 3.52. The molecule has 2 aromatic rings. The van der Waals surface area contributed by atoms with Crippen molar-refractivity contribution in [1.82, 2.24) is 9.62 Å². The molecule has 1 amide bonds. The third kappa shape index (κ3) is 4.62. The second-order valence-electron chi connectivity index (χ2n) is 7.85. The lowest BCUT2D eigenvalue weighted by atomic mass is 9.90. The molecule has 1 N–H and O–H groups in total. The summed E-state index contributed by atoms with van der Waals surface area (Å²) in [4.78, 5) is 14.9. The minimum absolute atomic E-state index is 0.0491. The van der Waals surface area contributed by atoms with Crippen molar-refractivity contribution in [2.75, 3.05) is 13.1 Å². The average molecular weight is 399 g/mol. The van der Waals surface area contributed by atoms with E-state index in [2.05, 4.69) is 29.0 Å². The molecule has 28 heavy (non-hydrogen) atoms. The van der Waals surface area contributed by atoms with Gasteiger partial charge in [-0.1, -0.05) is 36.4 Å². The van der Waals surface area contributed by atoms with Crippen molar-refractivity contribution in [2.45, 2.75) is 43.0 Å². The number of nitrogens with zero attached hydrogens (tertiary/aromatic N) is 1. The summed E-state index contributed by atoms with van der Waals surface area (Å²) in [5.41, 5.74) is 1.79. The minimum atomic E-state index is -3.55. The summed E-state index contributed by atoms with van der Waals surface area (Å²) in [5.74, 6) is 0.502. The molecule has 0 aromatic heterocycles. The van der Waals surface area contributed by atoms with Crippen LogP contribution in [-0.4, -0.2) is 38.4 Å². The van der Waals surface area contributed by atoms with Gasteiger partial charge in [0.15, 0.2) is 0 Å². The fraction of sp³-hybridized carbons (Fsp3) is 0.409. The molecule has 5 nitrogen and oxygen atoms in total. The summed E-state index contributed by atoms with van der Waals surface area (Å²) < 4.78 is 27.5. The Labute approximate surface area is 166 Å². The monoisotopic (exact) mass is 398 g/mol. The Bertz CT molecular complexity index is 931. The lowest BCUT2D eigenvalue weighted by molar-refractivity contribution is 0.0690. The van der Waals surface area contributed by atoms with Gasteiger partial charge in [-0.15, -0.1) is 0 Å². The van der Waals surface area contributed by atoms with Crippen molar-refractivity contribution in [3.05, 3.63) is 65.7 Å². The maximum absolute atomic E-state index is 12.9. The van der Waals surface area contributed by atoms with E-state index in [1.807, 2.05) is 11.0 Å². The quantitative estimate of drug-likeness (QED) is 0.812. The van der Waals surface area contributed by atoms with Crippen LogP contribution in [0.3, 0.4) is 0 Å². The summed E-state index contributed by atoms with van der Waals surface area (Å²) >= 11 is 0.